The molecule has 1 saturated heterocycles. The third-order valence-corrected chi connectivity index (χ3v) is 4.61. The molecule has 4 heteroatoms. The second kappa shape index (κ2) is 7.43. The van der Waals surface area contributed by atoms with Gasteiger partial charge in [-0.2, -0.15) is 0 Å². The van der Waals surface area contributed by atoms with Gasteiger partial charge in [0.25, 0.3) is 0 Å². The summed E-state index contributed by atoms with van der Waals surface area (Å²) in [6.07, 6.45) is 1.96. The molecule has 0 amide bonds. The summed E-state index contributed by atoms with van der Waals surface area (Å²) in [7, 11) is 0. The highest BCUT2D eigenvalue weighted by Crippen LogP contribution is 2.23. The molecule has 23 heavy (non-hydrogen) atoms. The zero-order valence-corrected chi connectivity index (χ0v) is 13.8. The maximum atomic E-state index is 13.0. The van der Waals surface area contributed by atoms with Crippen molar-refractivity contribution in [3.05, 3.63) is 70.5 Å². The summed E-state index contributed by atoms with van der Waals surface area (Å²) in [6.45, 7) is 2.79. The van der Waals surface area contributed by atoms with Crippen LogP contribution in [0.15, 0.2) is 48.5 Å². The fourth-order valence-corrected chi connectivity index (χ4v) is 3.69. The number of rotatable bonds is 4. The Hall–Kier alpha value is -1.42. The Bertz CT molecular complexity index is 644. The van der Waals surface area contributed by atoms with Crippen LogP contribution in [0.3, 0.4) is 0 Å². The van der Waals surface area contributed by atoms with E-state index in [4.69, 9.17) is 17.3 Å². The van der Waals surface area contributed by atoms with Crippen molar-refractivity contribution in [2.24, 2.45) is 11.7 Å². The lowest BCUT2D eigenvalue weighted by Crippen LogP contribution is -2.47. The van der Waals surface area contributed by atoms with Crippen molar-refractivity contribution in [1.82, 2.24) is 4.90 Å². The lowest BCUT2D eigenvalue weighted by atomic mass is 9.89. The molecule has 0 aliphatic carbocycles. The Morgan fingerprint density at radius 3 is 2.61 bits per heavy atom. The first-order chi connectivity index (χ1) is 11.1. The number of hydrogen-bond donors (Lipinski definition) is 1. The predicted molar refractivity (Wildman–Crippen MR) is 92.9 cm³/mol. The SMILES string of the molecule is NC1CC(Cc2ccc(F)cc2)CN(Cc2cccc(Cl)c2)C1. The number of halogens is 2. The minimum Gasteiger partial charge on any atom is -0.327 e. The van der Waals surface area contributed by atoms with Crippen LogP contribution in [0.5, 0.6) is 0 Å². The van der Waals surface area contributed by atoms with E-state index in [0.717, 1.165) is 37.5 Å². The lowest BCUT2D eigenvalue weighted by Gasteiger charge is -2.36. The zero-order valence-electron chi connectivity index (χ0n) is 13.1. The molecule has 2 nitrogen and oxygen atoms in total. The van der Waals surface area contributed by atoms with Crippen molar-refractivity contribution in [2.75, 3.05) is 13.1 Å². The van der Waals surface area contributed by atoms with Crippen LogP contribution in [0.2, 0.25) is 5.02 Å². The van der Waals surface area contributed by atoms with Gasteiger partial charge in [0.2, 0.25) is 0 Å². The van der Waals surface area contributed by atoms with Crippen LogP contribution >= 0.6 is 11.6 Å². The van der Waals surface area contributed by atoms with Gasteiger partial charge >= 0.3 is 0 Å². The molecular weight excluding hydrogens is 311 g/mol. The third kappa shape index (κ3) is 4.77. The Morgan fingerprint density at radius 2 is 1.87 bits per heavy atom. The van der Waals surface area contributed by atoms with Crippen LogP contribution in [0.4, 0.5) is 4.39 Å². The maximum absolute atomic E-state index is 13.0. The highest BCUT2D eigenvalue weighted by Gasteiger charge is 2.25. The summed E-state index contributed by atoms with van der Waals surface area (Å²) in [5, 5.41) is 0.770. The molecule has 2 aromatic rings. The van der Waals surface area contributed by atoms with Gasteiger partial charge in [-0.05, 0) is 54.2 Å². The Balaban J connectivity index is 1.63. The van der Waals surface area contributed by atoms with Gasteiger partial charge in [-0.15, -0.1) is 0 Å². The minimum atomic E-state index is -0.184. The summed E-state index contributed by atoms with van der Waals surface area (Å²) in [6, 6.07) is 15.0. The van der Waals surface area contributed by atoms with E-state index in [1.807, 2.05) is 30.3 Å². The summed E-state index contributed by atoms with van der Waals surface area (Å²) >= 11 is 6.07. The van der Waals surface area contributed by atoms with Gasteiger partial charge < -0.3 is 5.73 Å². The Morgan fingerprint density at radius 1 is 1.09 bits per heavy atom. The smallest absolute Gasteiger partial charge is 0.123 e. The molecule has 0 spiro atoms. The topological polar surface area (TPSA) is 29.3 Å². The second-order valence-corrected chi connectivity index (χ2v) is 6.95. The first-order valence-corrected chi connectivity index (χ1v) is 8.43. The highest BCUT2D eigenvalue weighted by molar-refractivity contribution is 6.30. The third-order valence-electron chi connectivity index (χ3n) is 4.38. The molecule has 1 aliphatic heterocycles. The molecule has 0 saturated carbocycles. The van der Waals surface area contributed by atoms with Crippen molar-refractivity contribution in [3.8, 4) is 0 Å². The van der Waals surface area contributed by atoms with Gasteiger partial charge in [0.15, 0.2) is 0 Å². The van der Waals surface area contributed by atoms with Gasteiger partial charge in [-0.25, -0.2) is 4.39 Å². The molecule has 0 aromatic heterocycles. The number of likely N-dealkylation sites (tertiary alicyclic amines) is 1. The fourth-order valence-electron chi connectivity index (χ4n) is 3.47. The Labute approximate surface area is 142 Å². The van der Waals surface area contributed by atoms with E-state index in [0.29, 0.717) is 5.92 Å². The second-order valence-electron chi connectivity index (χ2n) is 6.52. The van der Waals surface area contributed by atoms with E-state index < -0.39 is 0 Å². The van der Waals surface area contributed by atoms with E-state index in [9.17, 15) is 4.39 Å². The molecule has 0 radical (unpaired) electrons. The normalized spacial score (nSPS) is 22.2. The number of nitrogens with two attached hydrogens (primary N) is 1. The van der Waals surface area contributed by atoms with Crippen molar-refractivity contribution < 1.29 is 4.39 Å². The number of piperidine rings is 1. The molecule has 122 valence electrons. The summed E-state index contributed by atoms with van der Waals surface area (Å²) in [4.78, 5) is 2.40. The zero-order chi connectivity index (χ0) is 16.2. The molecule has 2 atom stereocenters. The average Bonchev–Trinajstić information content (AvgIpc) is 2.49. The van der Waals surface area contributed by atoms with Crippen LogP contribution in [0, 0.1) is 11.7 Å². The number of benzene rings is 2. The predicted octanol–water partition coefficient (Wildman–Crippen LogP) is 3.87. The molecule has 2 unspecified atom stereocenters. The van der Waals surface area contributed by atoms with E-state index in [1.165, 1.54) is 23.3 Å². The molecule has 2 N–H and O–H groups in total. The standard InChI is InChI=1S/C19H22ClFN2/c20-17-3-1-2-15(9-17)11-23-12-16(10-19(22)13-23)8-14-4-6-18(21)7-5-14/h1-7,9,16,19H,8,10-13,22H2. The molecule has 0 bridgehead atoms. The molecule has 1 aliphatic rings. The van der Waals surface area contributed by atoms with Crippen LogP contribution in [0.1, 0.15) is 17.5 Å². The van der Waals surface area contributed by atoms with Crippen LogP contribution in [0.25, 0.3) is 0 Å². The van der Waals surface area contributed by atoms with E-state index >= 15 is 0 Å². The first kappa shape index (κ1) is 16.4. The van der Waals surface area contributed by atoms with Crippen LogP contribution in [-0.2, 0) is 13.0 Å². The van der Waals surface area contributed by atoms with E-state index in [-0.39, 0.29) is 11.9 Å². The van der Waals surface area contributed by atoms with Gasteiger partial charge in [0.05, 0.1) is 0 Å². The molecule has 1 heterocycles. The number of nitrogens with zero attached hydrogens (tertiary/aromatic N) is 1. The van der Waals surface area contributed by atoms with Gasteiger partial charge in [0, 0.05) is 30.7 Å². The summed E-state index contributed by atoms with van der Waals surface area (Å²) in [5.74, 6) is 0.320. The fraction of sp³-hybridized carbons (Fsp3) is 0.368. The summed E-state index contributed by atoms with van der Waals surface area (Å²) < 4.78 is 13.0. The van der Waals surface area contributed by atoms with Crippen LogP contribution in [-0.4, -0.2) is 24.0 Å². The van der Waals surface area contributed by atoms with Gasteiger partial charge in [-0.1, -0.05) is 35.9 Å². The van der Waals surface area contributed by atoms with Crippen molar-refractivity contribution in [2.45, 2.75) is 25.4 Å². The molecule has 1 fully saturated rings. The van der Waals surface area contributed by atoms with E-state index in [1.54, 1.807) is 0 Å². The first-order valence-electron chi connectivity index (χ1n) is 8.05. The van der Waals surface area contributed by atoms with Crippen molar-refractivity contribution in [3.63, 3.8) is 0 Å². The monoisotopic (exact) mass is 332 g/mol. The minimum absolute atomic E-state index is 0.184. The molecule has 2 aromatic carbocycles. The van der Waals surface area contributed by atoms with Crippen molar-refractivity contribution >= 4 is 11.6 Å². The number of hydrogen-bond acceptors (Lipinski definition) is 2. The maximum Gasteiger partial charge on any atom is 0.123 e. The van der Waals surface area contributed by atoms with E-state index in [2.05, 4.69) is 11.0 Å². The quantitative estimate of drug-likeness (QED) is 0.921. The largest absolute Gasteiger partial charge is 0.327 e. The van der Waals surface area contributed by atoms with Gasteiger partial charge in [0.1, 0.15) is 5.82 Å². The average molecular weight is 333 g/mol. The Kier molecular flexibility index (Phi) is 5.31. The lowest BCUT2D eigenvalue weighted by molar-refractivity contribution is 0.149. The summed E-state index contributed by atoms with van der Waals surface area (Å²) in [5.41, 5.74) is 8.64. The highest BCUT2D eigenvalue weighted by atomic mass is 35.5. The van der Waals surface area contributed by atoms with Crippen LogP contribution < -0.4 is 5.73 Å². The molecule has 3 rings (SSSR count). The van der Waals surface area contributed by atoms with Gasteiger partial charge in [-0.3, -0.25) is 4.90 Å². The van der Waals surface area contributed by atoms with Crippen molar-refractivity contribution in [1.29, 1.82) is 0 Å². The molecular formula is C19H22ClFN2.